The van der Waals surface area contributed by atoms with Crippen molar-refractivity contribution in [3.8, 4) is 11.8 Å². The fourth-order valence-corrected chi connectivity index (χ4v) is 3.81. The molecule has 10 heteroatoms. The van der Waals surface area contributed by atoms with Gasteiger partial charge in [-0.15, -0.1) is 0 Å². The van der Waals surface area contributed by atoms with Crippen LogP contribution in [0.2, 0.25) is 0 Å². The SMILES string of the molecule is CNc1cc(F)cc2c1[nH]c1nc(Oc3cnc(C)nc3)nc(N3CC(=C(C)CN)C3)c12. The van der Waals surface area contributed by atoms with E-state index in [4.69, 9.17) is 10.5 Å². The van der Waals surface area contributed by atoms with Gasteiger partial charge in [-0.1, -0.05) is 5.57 Å². The zero-order valence-electron chi connectivity index (χ0n) is 18.0. The van der Waals surface area contributed by atoms with Crippen LogP contribution in [0.3, 0.4) is 0 Å². The van der Waals surface area contributed by atoms with Crippen LogP contribution in [0.4, 0.5) is 15.9 Å². The molecule has 0 unspecified atom stereocenters. The third-order valence-electron chi connectivity index (χ3n) is 5.69. The van der Waals surface area contributed by atoms with E-state index in [2.05, 4.69) is 35.1 Å². The lowest BCUT2D eigenvalue weighted by Gasteiger charge is -2.37. The largest absolute Gasteiger partial charge is 0.421 e. The summed E-state index contributed by atoms with van der Waals surface area (Å²) in [5.41, 5.74) is 10.2. The molecule has 164 valence electrons. The Bertz CT molecular complexity index is 1350. The summed E-state index contributed by atoms with van der Waals surface area (Å²) in [7, 11) is 1.75. The highest BCUT2D eigenvalue weighted by molar-refractivity contribution is 6.14. The van der Waals surface area contributed by atoms with Gasteiger partial charge < -0.3 is 25.7 Å². The molecular weight excluding hydrogens is 411 g/mol. The Morgan fingerprint density at radius 2 is 2.00 bits per heavy atom. The zero-order chi connectivity index (χ0) is 22.4. The second-order valence-electron chi connectivity index (χ2n) is 7.82. The number of hydrogen-bond acceptors (Lipinski definition) is 8. The molecule has 4 N–H and O–H groups in total. The summed E-state index contributed by atoms with van der Waals surface area (Å²) in [6.07, 6.45) is 3.15. The number of aromatic nitrogens is 5. The molecule has 1 aromatic carbocycles. The molecule has 0 saturated carbocycles. The van der Waals surface area contributed by atoms with Crippen molar-refractivity contribution in [2.75, 3.05) is 36.9 Å². The summed E-state index contributed by atoms with van der Waals surface area (Å²) in [5, 5.41) is 4.49. The van der Waals surface area contributed by atoms with Crippen molar-refractivity contribution < 1.29 is 9.13 Å². The number of nitrogens with zero attached hydrogens (tertiary/aromatic N) is 5. The third-order valence-corrected chi connectivity index (χ3v) is 5.69. The van der Waals surface area contributed by atoms with E-state index in [1.165, 1.54) is 23.3 Å². The van der Waals surface area contributed by atoms with Gasteiger partial charge in [0, 0.05) is 32.1 Å². The summed E-state index contributed by atoms with van der Waals surface area (Å²) >= 11 is 0. The van der Waals surface area contributed by atoms with Crippen LogP contribution in [-0.2, 0) is 0 Å². The standard InChI is InChI=1S/C22H23FN8O/c1-11(6-24)13-9-31(10-13)21-18-16-4-14(23)5-17(25-3)19(16)28-20(18)29-22(30-21)32-15-7-26-12(2)27-8-15/h4-5,7-8,25H,6,9-10,24H2,1-3H3,(H,28,29,30). The van der Waals surface area contributed by atoms with E-state index in [0.29, 0.717) is 53.7 Å². The minimum atomic E-state index is -0.339. The second-order valence-corrected chi connectivity index (χ2v) is 7.82. The molecule has 0 bridgehead atoms. The predicted molar refractivity (Wildman–Crippen MR) is 122 cm³/mol. The Balaban J connectivity index is 1.67. The smallest absolute Gasteiger partial charge is 0.326 e. The maximum absolute atomic E-state index is 14.4. The highest BCUT2D eigenvalue weighted by Crippen LogP contribution is 2.39. The number of nitrogens with one attached hydrogen (secondary N) is 2. The van der Waals surface area contributed by atoms with Crippen molar-refractivity contribution >= 4 is 33.4 Å². The summed E-state index contributed by atoms with van der Waals surface area (Å²) in [6, 6.07) is 3.10. The van der Waals surface area contributed by atoms with Crippen molar-refractivity contribution in [3.63, 3.8) is 0 Å². The summed E-state index contributed by atoms with van der Waals surface area (Å²) in [5.74, 6) is 1.41. The molecule has 1 aliphatic rings. The van der Waals surface area contributed by atoms with Crippen molar-refractivity contribution in [1.29, 1.82) is 0 Å². The van der Waals surface area contributed by atoms with Crippen LogP contribution in [0.15, 0.2) is 35.7 Å². The molecule has 1 fully saturated rings. The molecule has 5 rings (SSSR count). The molecular formula is C22H23FN8O. The number of rotatable bonds is 5. The maximum Gasteiger partial charge on any atom is 0.326 e. The lowest BCUT2D eigenvalue weighted by Crippen LogP contribution is -2.42. The molecule has 4 aromatic rings. The molecule has 1 aliphatic heterocycles. The highest BCUT2D eigenvalue weighted by Gasteiger charge is 2.28. The third kappa shape index (κ3) is 3.38. The van der Waals surface area contributed by atoms with Gasteiger partial charge in [0.25, 0.3) is 0 Å². The number of ether oxygens (including phenoxy) is 1. The molecule has 3 aromatic heterocycles. The normalized spacial score (nSPS) is 13.5. The fraction of sp³-hybridized carbons (Fsp3) is 0.273. The Morgan fingerprint density at radius 1 is 1.25 bits per heavy atom. The minimum absolute atomic E-state index is 0.158. The van der Waals surface area contributed by atoms with E-state index in [1.807, 2.05) is 6.92 Å². The molecule has 1 saturated heterocycles. The van der Waals surface area contributed by atoms with E-state index in [1.54, 1.807) is 26.4 Å². The average Bonchev–Trinajstić information content (AvgIpc) is 3.11. The van der Waals surface area contributed by atoms with Crippen LogP contribution in [0.1, 0.15) is 12.7 Å². The Morgan fingerprint density at radius 3 is 2.69 bits per heavy atom. The molecule has 32 heavy (non-hydrogen) atoms. The molecule has 9 nitrogen and oxygen atoms in total. The molecule has 0 radical (unpaired) electrons. The number of H-pyrrole nitrogens is 1. The lowest BCUT2D eigenvalue weighted by atomic mass is 10.0. The number of halogens is 1. The van der Waals surface area contributed by atoms with Gasteiger partial charge in [-0.2, -0.15) is 9.97 Å². The van der Waals surface area contributed by atoms with Crippen molar-refractivity contribution in [1.82, 2.24) is 24.9 Å². The summed E-state index contributed by atoms with van der Waals surface area (Å²) in [4.78, 5) is 22.9. The summed E-state index contributed by atoms with van der Waals surface area (Å²) < 4.78 is 20.2. The van der Waals surface area contributed by atoms with Crippen LogP contribution in [0, 0.1) is 12.7 Å². The second kappa shape index (κ2) is 7.72. The van der Waals surface area contributed by atoms with Crippen LogP contribution in [0.25, 0.3) is 21.9 Å². The number of hydrogen-bond donors (Lipinski definition) is 3. The zero-order valence-corrected chi connectivity index (χ0v) is 18.0. The first-order chi connectivity index (χ1) is 15.5. The average molecular weight is 434 g/mol. The molecule has 4 heterocycles. The molecule has 0 spiro atoms. The Kier molecular flexibility index (Phi) is 4.86. The van der Waals surface area contributed by atoms with E-state index < -0.39 is 0 Å². The van der Waals surface area contributed by atoms with Crippen LogP contribution in [0.5, 0.6) is 11.8 Å². The number of anilines is 2. The maximum atomic E-state index is 14.4. The Labute approximate surface area is 183 Å². The first-order valence-electron chi connectivity index (χ1n) is 10.3. The number of fused-ring (bicyclic) bond motifs is 3. The number of aryl methyl sites for hydroxylation is 1. The van der Waals surface area contributed by atoms with E-state index in [0.717, 1.165) is 10.9 Å². The van der Waals surface area contributed by atoms with Gasteiger partial charge in [-0.3, -0.25) is 0 Å². The predicted octanol–water partition coefficient (Wildman–Crippen LogP) is 3.28. The molecule has 0 atom stereocenters. The number of aromatic amines is 1. The quantitative estimate of drug-likeness (QED) is 0.410. The summed E-state index contributed by atoms with van der Waals surface area (Å²) in [6.45, 7) is 5.75. The van der Waals surface area contributed by atoms with Gasteiger partial charge in [-0.25, -0.2) is 14.4 Å². The van der Waals surface area contributed by atoms with Crippen LogP contribution < -0.4 is 20.7 Å². The first-order valence-corrected chi connectivity index (χ1v) is 10.3. The lowest BCUT2D eigenvalue weighted by molar-refractivity contribution is 0.438. The molecule has 0 aliphatic carbocycles. The van der Waals surface area contributed by atoms with Crippen molar-refractivity contribution in [2.24, 2.45) is 5.73 Å². The van der Waals surface area contributed by atoms with Crippen molar-refractivity contribution in [2.45, 2.75) is 13.8 Å². The van der Waals surface area contributed by atoms with E-state index in [-0.39, 0.29) is 11.8 Å². The van der Waals surface area contributed by atoms with Gasteiger partial charge in [0.05, 0.1) is 29.0 Å². The van der Waals surface area contributed by atoms with Gasteiger partial charge in [0.2, 0.25) is 0 Å². The topological polar surface area (TPSA) is 118 Å². The Hall–Kier alpha value is -3.79. The van der Waals surface area contributed by atoms with E-state index in [9.17, 15) is 4.39 Å². The number of nitrogens with two attached hydrogens (primary N) is 1. The van der Waals surface area contributed by atoms with Crippen LogP contribution >= 0.6 is 0 Å². The van der Waals surface area contributed by atoms with Gasteiger partial charge in [0.15, 0.2) is 5.75 Å². The fourth-order valence-electron chi connectivity index (χ4n) is 3.81. The van der Waals surface area contributed by atoms with Gasteiger partial charge >= 0.3 is 6.01 Å². The van der Waals surface area contributed by atoms with Crippen molar-refractivity contribution in [3.05, 3.63) is 47.3 Å². The minimum Gasteiger partial charge on any atom is -0.421 e. The van der Waals surface area contributed by atoms with Crippen LogP contribution in [-0.4, -0.2) is 51.6 Å². The highest BCUT2D eigenvalue weighted by atomic mass is 19.1. The van der Waals surface area contributed by atoms with Gasteiger partial charge in [0.1, 0.15) is 23.1 Å². The monoisotopic (exact) mass is 434 g/mol. The van der Waals surface area contributed by atoms with Gasteiger partial charge in [-0.05, 0) is 31.6 Å². The molecule has 0 amide bonds. The first kappa shape index (κ1) is 20.1. The number of benzene rings is 1. The van der Waals surface area contributed by atoms with E-state index >= 15 is 0 Å².